The van der Waals surface area contributed by atoms with Crippen LogP contribution in [0, 0.1) is 6.92 Å². The van der Waals surface area contributed by atoms with E-state index in [-0.39, 0.29) is 30.4 Å². The molecule has 1 saturated heterocycles. The number of aromatic amines is 2. The highest BCUT2D eigenvalue weighted by molar-refractivity contribution is 5.97. The fourth-order valence-electron chi connectivity index (χ4n) is 5.14. The monoisotopic (exact) mass is 382 g/mol. The van der Waals surface area contributed by atoms with Gasteiger partial charge in [-0.05, 0) is 39.0 Å². The molecular weight excluding hydrogens is 356 g/mol. The van der Waals surface area contributed by atoms with Gasteiger partial charge in [-0.25, -0.2) is 0 Å². The summed E-state index contributed by atoms with van der Waals surface area (Å²) in [6, 6.07) is 0.139. The maximum absolute atomic E-state index is 13.4. The number of hydrogen-bond donors (Lipinski definition) is 2. The average molecular weight is 382 g/mol. The predicted octanol–water partition coefficient (Wildman–Crippen LogP) is 1.73. The van der Waals surface area contributed by atoms with Crippen molar-refractivity contribution in [3.05, 3.63) is 34.4 Å². The lowest BCUT2D eigenvalue weighted by molar-refractivity contribution is -0.144. The normalized spacial score (nSPS) is 24.4. The van der Waals surface area contributed by atoms with E-state index in [1.165, 1.54) is 0 Å². The molecule has 0 spiro atoms. The molecule has 0 aromatic carbocycles. The van der Waals surface area contributed by atoms with Gasteiger partial charge in [0, 0.05) is 29.1 Å². The van der Waals surface area contributed by atoms with Crippen molar-refractivity contribution in [2.75, 3.05) is 6.54 Å². The Kier molecular flexibility index (Phi) is 4.21. The zero-order chi connectivity index (χ0) is 19.3. The molecule has 148 valence electrons. The third-order valence-corrected chi connectivity index (χ3v) is 6.67. The van der Waals surface area contributed by atoms with Crippen LogP contribution in [-0.4, -0.2) is 60.6 Å². The molecule has 2 aromatic heterocycles. The number of amides is 2. The number of H-pyrrole nitrogens is 2. The molecule has 2 atom stereocenters. The Hall–Kier alpha value is -2.64. The number of rotatable bonds is 3. The fraction of sp³-hybridized carbons (Fsp3) is 0.600. The van der Waals surface area contributed by atoms with Crippen LogP contribution in [-0.2, 0) is 24.2 Å². The molecule has 0 unspecified atom stereocenters. The molecule has 2 aromatic rings. The van der Waals surface area contributed by atoms with Crippen LogP contribution < -0.4 is 0 Å². The van der Waals surface area contributed by atoms with Gasteiger partial charge in [0.2, 0.25) is 5.91 Å². The van der Waals surface area contributed by atoms with Crippen LogP contribution in [0.5, 0.6) is 0 Å². The fourth-order valence-corrected chi connectivity index (χ4v) is 5.14. The molecule has 0 radical (unpaired) electrons. The summed E-state index contributed by atoms with van der Waals surface area (Å²) in [7, 11) is 0. The average Bonchev–Trinajstić information content (AvgIpc) is 3.41. The zero-order valence-corrected chi connectivity index (χ0v) is 16.2. The van der Waals surface area contributed by atoms with Crippen LogP contribution in [0.3, 0.4) is 0 Å². The number of nitrogens with one attached hydrogen (secondary N) is 2. The smallest absolute Gasteiger partial charge is 0.275 e. The van der Waals surface area contributed by atoms with Gasteiger partial charge in [-0.1, -0.05) is 12.8 Å². The number of carbonyl (C=O) groups excluding carboxylic acids is 2. The van der Waals surface area contributed by atoms with Crippen molar-refractivity contribution >= 4 is 11.8 Å². The highest BCUT2D eigenvalue weighted by atomic mass is 16.2. The van der Waals surface area contributed by atoms with Gasteiger partial charge in [0.05, 0.1) is 18.3 Å². The Labute approximate surface area is 163 Å². The second-order valence-electron chi connectivity index (χ2n) is 8.28. The Balaban J connectivity index is 1.42. The van der Waals surface area contributed by atoms with E-state index in [1.54, 1.807) is 11.1 Å². The van der Waals surface area contributed by atoms with Crippen LogP contribution in [0.1, 0.15) is 65.1 Å². The summed E-state index contributed by atoms with van der Waals surface area (Å²) >= 11 is 0. The lowest BCUT2D eigenvalue weighted by Gasteiger charge is -2.49. The quantitative estimate of drug-likeness (QED) is 0.845. The minimum atomic E-state index is -0.0798. The van der Waals surface area contributed by atoms with Gasteiger partial charge in [0.25, 0.3) is 5.91 Å². The molecule has 2 N–H and O–H groups in total. The van der Waals surface area contributed by atoms with E-state index in [0.717, 1.165) is 67.5 Å². The first-order chi connectivity index (χ1) is 13.6. The van der Waals surface area contributed by atoms with Crippen LogP contribution in [0.4, 0.5) is 0 Å². The summed E-state index contributed by atoms with van der Waals surface area (Å²) in [6.45, 7) is 2.67. The Bertz CT molecular complexity index is 916. The number of piperazine rings is 1. The third-order valence-electron chi connectivity index (χ3n) is 6.67. The van der Waals surface area contributed by atoms with Crippen LogP contribution in [0.25, 0.3) is 0 Å². The Morgan fingerprint density at radius 3 is 2.79 bits per heavy atom. The summed E-state index contributed by atoms with van der Waals surface area (Å²) in [4.78, 5) is 30.2. The van der Waals surface area contributed by atoms with E-state index in [2.05, 4.69) is 20.4 Å². The van der Waals surface area contributed by atoms with Crippen molar-refractivity contribution in [2.24, 2.45) is 0 Å². The molecule has 8 heteroatoms. The van der Waals surface area contributed by atoms with Gasteiger partial charge >= 0.3 is 0 Å². The molecule has 3 aliphatic rings. The van der Waals surface area contributed by atoms with Gasteiger partial charge < -0.3 is 9.80 Å². The summed E-state index contributed by atoms with van der Waals surface area (Å²) in [5, 5.41) is 14.4. The molecule has 28 heavy (non-hydrogen) atoms. The van der Waals surface area contributed by atoms with E-state index in [0.29, 0.717) is 12.2 Å². The Morgan fingerprint density at radius 1 is 1.18 bits per heavy atom. The maximum atomic E-state index is 13.4. The largest absolute Gasteiger partial charge is 0.332 e. The molecule has 2 aliphatic carbocycles. The molecule has 2 amide bonds. The van der Waals surface area contributed by atoms with Crippen molar-refractivity contribution in [2.45, 2.75) is 70.5 Å². The first kappa shape index (κ1) is 17.5. The predicted molar refractivity (Wildman–Crippen MR) is 102 cm³/mol. The van der Waals surface area contributed by atoms with Crippen LogP contribution >= 0.6 is 0 Å². The van der Waals surface area contributed by atoms with Crippen molar-refractivity contribution in [3.63, 3.8) is 0 Å². The van der Waals surface area contributed by atoms with E-state index < -0.39 is 0 Å². The number of aryl methyl sites for hydroxylation is 2. The van der Waals surface area contributed by atoms with E-state index in [9.17, 15) is 9.59 Å². The minimum Gasteiger partial charge on any atom is -0.332 e. The molecule has 1 aliphatic heterocycles. The van der Waals surface area contributed by atoms with E-state index >= 15 is 0 Å². The van der Waals surface area contributed by atoms with E-state index in [4.69, 9.17) is 0 Å². The second kappa shape index (κ2) is 6.76. The van der Waals surface area contributed by atoms with Crippen molar-refractivity contribution < 1.29 is 9.59 Å². The van der Waals surface area contributed by atoms with Gasteiger partial charge in [-0.2, -0.15) is 10.2 Å². The molecule has 1 saturated carbocycles. The first-order valence-electron chi connectivity index (χ1n) is 10.3. The number of fused-ring (bicyclic) bond motifs is 2. The number of nitrogens with zero attached hydrogens (tertiary/aromatic N) is 4. The van der Waals surface area contributed by atoms with Crippen molar-refractivity contribution in [3.8, 4) is 0 Å². The van der Waals surface area contributed by atoms with Gasteiger partial charge in [-0.15, -0.1) is 0 Å². The van der Waals surface area contributed by atoms with Gasteiger partial charge in [0.15, 0.2) is 5.69 Å². The summed E-state index contributed by atoms with van der Waals surface area (Å²) in [5.41, 5.74) is 4.71. The molecule has 0 bridgehead atoms. The Morgan fingerprint density at radius 2 is 2.00 bits per heavy atom. The second-order valence-corrected chi connectivity index (χ2v) is 8.28. The van der Waals surface area contributed by atoms with Crippen LogP contribution in [0.2, 0.25) is 0 Å². The minimum absolute atomic E-state index is 0.0179. The molecular formula is C20H26N6O2. The molecule has 5 rings (SSSR count). The van der Waals surface area contributed by atoms with Crippen molar-refractivity contribution in [1.82, 2.24) is 30.2 Å². The van der Waals surface area contributed by atoms with Gasteiger partial charge in [-0.3, -0.25) is 19.8 Å². The number of hydrogen-bond acceptors (Lipinski definition) is 4. The summed E-state index contributed by atoms with van der Waals surface area (Å²) < 4.78 is 0. The topological polar surface area (TPSA) is 98.0 Å². The number of carbonyl (C=O) groups is 2. The first-order valence-corrected chi connectivity index (χ1v) is 10.3. The lowest BCUT2D eigenvalue weighted by Crippen LogP contribution is -2.64. The highest BCUT2D eigenvalue weighted by Crippen LogP contribution is 2.34. The van der Waals surface area contributed by atoms with Crippen LogP contribution in [0.15, 0.2) is 6.20 Å². The lowest BCUT2D eigenvalue weighted by atomic mass is 9.85. The molecule has 8 nitrogen and oxygen atoms in total. The molecule has 2 fully saturated rings. The summed E-state index contributed by atoms with van der Waals surface area (Å²) in [6.07, 6.45) is 8.78. The van der Waals surface area contributed by atoms with Crippen molar-refractivity contribution in [1.29, 1.82) is 0 Å². The SMILES string of the molecule is Cc1[nH]ncc1CN1C(=O)CN(C(=O)c2n[nH]c3c2CCC3)[C@H]2CCCC[C@@H]21. The standard InChI is InChI=1S/C20H26N6O2/c1-12-13(9-21-22-12)10-25-16-7-2-3-8-17(16)26(11-18(25)27)20(28)19-14-5-4-6-15(14)23-24-19/h9,16-17H,2-8,10-11H2,1H3,(H,21,22)(H,23,24)/t16-,17-/m0/s1. The maximum Gasteiger partial charge on any atom is 0.275 e. The third kappa shape index (κ3) is 2.73. The molecule has 3 heterocycles. The zero-order valence-electron chi connectivity index (χ0n) is 16.2. The number of aromatic nitrogens is 4. The highest BCUT2D eigenvalue weighted by Gasteiger charge is 2.45. The summed E-state index contributed by atoms with van der Waals surface area (Å²) in [5.74, 6) is -0.0620. The van der Waals surface area contributed by atoms with Gasteiger partial charge in [0.1, 0.15) is 6.54 Å². The van der Waals surface area contributed by atoms with E-state index in [1.807, 2.05) is 11.8 Å².